The van der Waals surface area contributed by atoms with E-state index in [9.17, 15) is 18.0 Å². The van der Waals surface area contributed by atoms with Gasteiger partial charge in [0.05, 0.1) is 22.3 Å². The summed E-state index contributed by atoms with van der Waals surface area (Å²) in [5, 5.41) is 2.96. The maximum atomic E-state index is 13.5. The Kier molecular flexibility index (Phi) is 6.45. The quantitative estimate of drug-likeness (QED) is 0.701. The van der Waals surface area contributed by atoms with Crippen LogP contribution in [0.5, 0.6) is 0 Å². The monoisotopic (exact) mass is 470 g/mol. The highest BCUT2D eigenvalue weighted by Crippen LogP contribution is 2.40. The van der Waals surface area contributed by atoms with E-state index in [2.05, 4.69) is 5.32 Å². The van der Waals surface area contributed by atoms with Crippen molar-refractivity contribution in [1.82, 2.24) is 9.62 Å². The number of piperidine rings is 1. The number of rotatable bonds is 6. The SMILES string of the molecule is C[C@H](NC(=O)CN1C(=O)[C@H]2CCCCN2c2ccc(S(=O)(=O)N(C)C)cc21)c1ccccc1. The summed E-state index contributed by atoms with van der Waals surface area (Å²) in [6, 6.07) is 13.9. The van der Waals surface area contributed by atoms with Crippen LogP contribution in [0.25, 0.3) is 0 Å². The molecule has 0 radical (unpaired) electrons. The van der Waals surface area contributed by atoms with Crippen LogP contribution in [0.3, 0.4) is 0 Å². The fourth-order valence-electron chi connectivity index (χ4n) is 4.53. The molecule has 9 heteroatoms. The van der Waals surface area contributed by atoms with Crippen molar-refractivity contribution in [3.63, 3.8) is 0 Å². The van der Waals surface area contributed by atoms with Crippen LogP contribution in [0.1, 0.15) is 37.8 Å². The molecule has 1 N–H and O–H groups in total. The Bertz CT molecular complexity index is 1150. The number of benzene rings is 2. The second kappa shape index (κ2) is 9.15. The molecule has 2 aliphatic rings. The third-order valence-electron chi connectivity index (χ3n) is 6.36. The second-order valence-corrected chi connectivity index (χ2v) is 10.9. The average molecular weight is 471 g/mol. The van der Waals surface area contributed by atoms with Gasteiger partial charge < -0.3 is 10.2 Å². The lowest BCUT2D eigenvalue weighted by Crippen LogP contribution is -2.57. The van der Waals surface area contributed by atoms with Crippen LogP contribution in [-0.4, -0.2) is 57.8 Å². The van der Waals surface area contributed by atoms with E-state index in [1.165, 1.54) is 25.1 Å². The van der Waals surface area contributed by atoms with Crippen LogP contribution in [0.15, 0.2) is 53.4 Å². The summed E-state index contributed by atoms with van der Waals surface area (Å²) in [4.78, 5) is 30.0. The lowest BCUT2D eigenvalue weighted by molar-refractivity contribution is -0.125. The molecule has 176 valence electrons. The van der Waals surface area contributed by atoms with Gasteiger partial charge >= 0.3 is 0 Å². The zero-order valence-corrected chi connectivity index (χ0v) is 20.0. The first-order valence-electron chi connectivity index (χ1n) is 11.2. The summed E-state index contributed by atoms with van der Waals surface area (Å²) in [7, 11) is -0.750. The number of hydrogen-bond acceptors (Lipinski definition) is 5. The first-order chi connectivity index (χ1) is 15.7. The van der Waals surface area contributed by atoms with Gasteiger partial charge in [-0.25, -0.2) is 12.7 Å². The van der Waals surface area contributed by atoms with Gasteiger partial charge in [0.1, 0.15) is 12.6 Å². The number of nitrogens with one attached hydrogen (secondary N) is 1. The Morgan fingerprint density at radius 1 is 1.12 bits per heavy atom. The molecule has 0 spiro atoms. The molecular weight excluding hydrogens is 440 g/mol. The Hall–Kier alpha value is -2.91. The highest BCUT2D eigenvalue weighted by atomic mass is 32.2. The topological polar surface area (TPSA) is 90.0 Å². The summed E-state index contributed by atoms with van der Waals surface area (Å²) in [5.74, 6) is -0.458. The third kappa shape index (κ3) is 4.47. The molecule has 2 aromatic carbocycles. The van der Waals surface area contributed by atoms with Crippen molar-refractivity contribution in [2.75, 3.05) is 37.0 Å². The number of carbonyl (C=O) groups is 2. The van der Waals surface area contributed by atoms with E-state index in [4.69, 9.17) is 0 Å². The molecule has 2 aromatic rings. The van der Waals surface area contributed by atoms with E-state index in [1.807, 2.05) is 42.2 Å². The molecule has 0 unspecified atom stereocenters. The van der Waals surface area contributed by atoms with Crippen molar-refractivity contribution in [2.24, 2.45) is 0 Å². The van der Waals surface area contributed by atoms with E-state index in [0.717, 1.165) is 34.9 Å². The Morgan fingerprint density at radius 2 is 1.85 bits per heavy atom. The minimum atomic E-state index is -3.69. The van der Waals surface area contributed by atoms with Gasteiger partial charge in [0.2, 0.25) is 21.8 Å². The van der Waals surface area contributed by atoms with Gasteiger partial charge in [-0.1, -0.05) is 30.3 Å². The zero-order chi connectivity index (χ0) is 23.8. The molecule has 0 bridgehead atoms. The van der Waals surface area contributed by atoms with Crippen LogP contribution in [0, 0.1) is 0 Å². The predicted molar refractivity (Wildman–Crippen MR) is 128 cm³/mol. The van der Waals surface area contributed by atoms with Gasteiger partial charge in [-0.2, -0.15) is 0 Å². The molecule has 2 atom stereocenters. The van der Waals surface area contributed by atoms with Crippen molar-refractivity contribution in [3.05, 3.63) is 54.1 Å². The molecule has 4 rings (SSSR count). The lowest BCUT2D eigenvalue weighted by atomic mass is 9.96. The van der Waals surface area contributed by atoms with Crippen LogP contribution in [0.2, 0.25) is 0 Å². The number of hydrogen-bond donors (Lipinski definition) is 1. The van der Waals surface area contributed by atoms with Crippen LogP contribution < -0.4 is 15.1 Å². The predicted octanol–water partition coefficient (Wildman–Crippen LogP) is 2.52. The van der Waals surface area contributed by atoms with Crippen LogP contribution in [0.4, 0.5) is 11.4 Å². The molecule has 2 amide bonds. The van der Waals surface area contributed by atoms with E-state index in [1.54, 1.807) is 12.1 Å². The normalized spacial score (nSPS) is 19.2. The number of anilines is 2. The lowest BCUT2D eigenvalue weighted by Gasteiger charge is -2.45. The fraction of sp³-hybridized carbons (Fsp3) is 0.417. The standard InChI is InChI=1S/C24H30N4O4S/c1-17(18-9-5-4-6-10-18)25-23(29)16-28-22-15-19(33(31,32)26(2)3)12-13-20(22)27-14-8-7-11-21(27)24(28)30/h4-6,9-10,12-13,15,17,21H,7-8,11,14,16H2,1-3H3,(H,25,29)/t17-,21+/m0/s1. The Morgan fingerprint density at radius 3 is 2.55 bits per heavy atom. The van der Waals surface area contributed by atoms with Crippen LogP contribution in [-0.2, 0) is 19.6 Å². The van der Waals surface area contributed by atoms with Crippen molar-refractivity contribution in [3.8, 4) is 0 Å². The van der Waals surface area contributed by atoms with Crippen molar-refractivity contribution < 1.29 is 18.0 Å². The molecular formula is C24H30N4O4S. The van der Waals surface area contributed by atoms with Crippen LogP contribution >= 0.6 is 0 Å². The number of nitrogens with zero attached hydrogens (tertiary/aromatic N) is 3. The van der Waals surface area contributed by atoms with Crippen molar-refractivity contribution >= 4 is 33.2 Å². The number of carbonyl (C=O) groups excluding carboxylic acids is 2. The van der Waals surface area contributed by atoms with Gasteiger partial charge in [-0.15, -0.1) is 0 Å². The molecule has 33 heavy (non-hydrogen) atoms. The smallest absolute Gasteiger partial charge is 0.250 e. The zero-order valence-electron chi connectivity index (χ0n) is 19.2. The first kappa shape index (κ1) is 23.3. The van der Waals surface area contributed by atoms with Gasteiger partial charge in [0, 0.05) is 20.6 Å². The Balaban J connectivity index is 1.67. The maximum absolute atomic E-state index is 13.5. The molecule has 2 aliphatic heterocycles. The van der Waals surface area contributed by atoms with E-state index >= 15 is 0 Å². The minimum absolute atomic E-state index is 0.0950. The van der Waals surface area contributed by atoms with E-state index in [-0.39, 0.29) is 35.3 Å². The third-order valence-corrected chi connectivity index (χ3v) is 8.17. The van der Waals surface area contributed by atoms with Gasteiger partial charge in [-0.05, 0) is 49.9 Å². The minimum Gasteiger partial charge on any atom is -0.358 e. The number of fused-ring (bicyclic) bond motifs is 3. The molecule has 1 fully saturated rings. The van der Waals surface area contributed by atoms with E-state index < -0.39 is 10.0 Å². The fourth-order valence-corrected chi connectivity index (χ4v) is 5.45. The molecule has 8 nitrogen and oxygen atoms in total. The molecule has 1 saturated heterocycles. The van der Waals surface area contributed by atoms with Crippen molar-refractivity contribution in [2.45, 2.75) is 43.2 Å². The summed E-state index contributed by atoms with van der Waals surface area (Å²) in [6.45, 7) is 2.46. The summed E-state index contributed by atoms with van der Waals surface area (Å²) in [5.41, 5.74) is 2.22. The maximum Gasteiger partial charge on any atom is 0.250 e. The van der Waals surface area contributed by atoms with Crippen molar-refractivity contribution in [1.29, 1.82) is 0 Å². The summed E-state index contributed by atoms with van der Waals surface area (Å²) >= 11 is 0. The molecule has 2 heterocycles. The summed E-state index contributed by atoms with van der Waals surface area (Å²) in [6.07, 6.45) is 2.63. The number of sulfonamides is 1. The molecule has 0 aliphatic carbocycles. The Labute approximate surface area is 195 Å². The highest BCUT2D eigenvalue weighted by Gasteiger charge is 2.40. The highest BCUT2D eigenvalue weighted by molar-refractivity contribution is 7.89. The second-order valence-electron chi connectivity index (χ2n) is 8.77. The van der Waals surface area contributed by atoms with Gasteiger partial charge in [0.25, 0.3) is 0 Å². The van der Waals surface area contributed by atoms with E-state index in [0.29, 0.717) is 12.1 Å². The van der Waals surface area contributed by atoms with Gasteiger partial charge in [-0.3, -0.25) is 14.5 Å². The molecule has 0 saturated carbocycles. The number of amides is 2. The largest absolute Gasteiger partial charge is 0.358 e. The first-order valence-corrected chi connectivity index (χ1v) is 12.6. The van der Waals surface area contributed by atoms with Gasteiger partial charge in [0.15, 0.2) is 0 Å². The average Bonchev–Trinajstić information content (AvgIpc) is 2.81. The molecule has 0 aromatic heterocycles. The summed E-state index contributed by atoms with van der Waals surface area (Å²) < 4.78 is 26.6.